The molecule has 1 spiro atoms. The van der Waals surface area contributed by atoms with Gasteiger partial charge in [-0.3, -0.25) is 0 Å². The summed E-state index contributed by atoms with van der Waals surface area (Å²) in [5.41, 5.74) is 1.68. The normalized spacial score (nSPS) is 19.4. The third-order valence-corrected chi connectivity index (χ3v) is 9.02. The number of fused-ring (bicyclic) bond motifs is 1. The van der Waals surface area contributed by atoms with Crippen molar-refractivity contribution < 1.29 is 27.7 Å². The molecule has 1 fully saturated rings. The van der Waals surface area contributed by atoms with Crippen LogP contribution in [-0.2, 0) is 20.9 Å². The molecule has 0 amide bonds. The summed E-state index contributed by atoms with van der Waals surface area (Å²) >= 11 is 0. The van der Waals surface area contributed by atoms with Crippen LogP contribution in [0.25, 0.3) is 11.0 Å². The number of nitrogens with zero attached hydrogens (tertiary/aromatic N) is 3. The van der Waals surface area contributed by atoms with E-state index in [-0.39, 0.29) is 23.0 Å². The monoisotopic (exact) mass is 572 g/mol. The van der Waals surface area contributed by atoms with Gasteiger partial charge in [0, 0.05) is 56.9 Å². The number of hydrogen-bond acceptors (Lipinski definition) is 7. The lowest BCUT2D eigenvalue weighted by molar-refractivity contribution is 0.0898. The smallest absolute Gasteiger partial charge is 0.289 e. The Morgan fingerprint density at radius 3 is 2.58 bits per heavy atom. The summed E-state index contributed by atoms with van der Waals surface area (Å²) in [6, 6.07) is 5.27. The molecule has 1 aromatic carbocycles. The van der Waals surface area contributed by atoms with Crippen LogP contribution in [0, 0.1) is 17.0 Å². The molecule has 2 aromatic heterocycles. The molecule has 1 saturated heterocycles. The maximum Gasteiger partial charge on any atom is 0.289 e. The molecule has 0 aliphatic carbocycles. The van der Waals surface area contributed by atoms with E-state index >= 15 is 8.78 Å². The maximum atomic E-state index is 15.2. The molecule has 5 rings (SSSR count). The zero-order chi connectivity index (χ0) is 28.5. The number of rotatable bonds is 9. The number of aliphatic imine (C=N–C) groups is 1. The Labute approximate surface area is 234 Å². The maximum absolute atomic E-state index is 15.2. The minimum Gasteiger partial charge on any atom is -0.464 e. The van der Waals surface area contributed by atoms with Crippen molar-refractivity contribution in [3.05, 3.63) is 47.8 Å². The summed E-state index contributed by atoms with van der Waals surface area (Å²) in [7, 11) is -1.21. The van der Waals surface area contributed by atoms with Crippen molar-refractivity contribution in [2.45, 2.75) is 58.6 Å². The second-order valence-corrected chi connectivity index (χ2v) is 17.9. The predicted octanol–water partition coefficient (Wildman–Crippen LogP) is 6.75. The molecule has 4 heterocycles. The number of nitrogens with one attached hydrogen (secondary N) is 1. The SMILES string of the molecule is CC(C)c1cn(COCC[Si](C)(C)C)c2nccc(Oc3c(F)cc(NC4=NCC5(CCOC5)CO4)cc3F)c12. The molecule has 0 saturated carbocycles. The van der Waals surface area contributed by atoms with E-state index < -0.39 is 25.5 Å². The fourth-order valence-corrected chi connectivity index (χ4v) is 5.61. The second-order valence-electron chi connectivity index (χ2n) is 12.3. The summed E-state index contributed by atoms with van der Waals surface area (Å²) in [4.78, 5) is 8.96. The highest BCUT2D eigenvalue weighted by Gasteiger charge is 2.38. The van der Waals surface area contributed by atoms with E-state index in [1.165, 1.54) is 12.1 Å². The van der Waals surface area contributed by atoms with Gasteiger partial charge in [0.15, 0.2) is 17.4 Å². The molecular formula is C29H38F2N4O4Si. The molecular weight excluding hydrogens is 534 g/mol. The average molecular weight is 573 g/mol. The van der Waals surface area contributed by atoms with Crippen molar-refractivity contribution in [3.8, 4) is 11.5 Å². The van der Waals surface area contributed by atoms with Crippen LogP contribution in [-0.4, -0.2) is 56.6 Å². The van der Waals surface area contributed by atoms with E-state index in [9.17, 15) is 0 Å². The van der Waals surface area contributed by atoms with Gasteiger partial charge >= 0.3 is 0 Å². The fourth-order valence-electron chi connectivity index (χ4n) is 4.86. The number of pyridine rings is 1. The van der Waals surface area contributed by atoms with Crippen molar-refractivity contribution >= 4 is 30.8 Å². The molecule has 8 nitrogen and oxygen atoms in total. The number of ether oxygens (including phenoxy) is 4. The first-order valence-electron chi connectivity index (χ1n) is 13.8. The van der Waals surface area contributed by atoms with Gasteiger partial charge in [-0.1, -0.05) is 33.5 Å². The lowest BCUT2D eigenvalue weighted by Gasteiger charge is -2.30. The standard InChI is InChI=1S/C29H38F2N4O4Si/c1-19(2)21-14-35(18-37-10-11-40(3,4)5)27-25(21)24(6-8-32-27)39-26-22(30)12-20(13-23(26)31)34-28-33-15-29(17-38-28)7-9-36-16-29/h6,8,12-14,19H,7,9-11,15-18H2,1-5H3,(H,33,34). The minimum atomic E-state index is -1.21. The molecule has 2 aliphatic heterocycles. The van der Waals surface area contributed by atoms with Gasteiger partial charge in [0.25, 0.3) is 6.02 Å². The van der Waals surface area contributed by atoms with Crippen molar-refractivity contribution in [1.29, 1.82) is 0 Å². The van der Waals surface area contributed by atoms with Gasteiger partial charge in [-0.05, 0) is 30.0 Å². The van der Waals surface area contributed by atoms with Crippen LogP contribution < -0.4 is 10.1 Å². The Balaban J connectivity index is 1.35. The molecule has 2 aliphatic rings. The number of aromatic nitrogens is 2. The largest absolute Gasteiger partial charge is 0.464 e. The molecule has 11 heteroatoms. The molecule has 1 atom stereocenters. The predicted molar refractivity (Wildman–Crippen MR) is 154 cm³/mol. The third-order valence-electron chi connectivity index (χ3n) is 7.32. The van der Waals surface area contributed by atoms with Gasteiger partial charge in [-0.15, -0.1) is 0 Å². The number of anilines is 1. The van der Waals surface area contributed by atoms with Crippen LogP contribution in [0.2, 0.25) is 25.7 Å². The van der Waals surface area contributed by atoms with Crippen molar-refractivity contribution in [3.63, 3.8) is 0 Å². The van der Waals surface area contributed by atoms with Gasteiger partial charge in [0.1, 0.15) is 24.7 Å². The summed E-state index contributed by atoms with van der Waals surface area (Å²) in [6.45, 7) is 14.3. The lowest BCUT2D eigenvalue weighted by Crippen LogP contribution is -2.38. The number of amidine groups is 1. The third kappa shape index (κ3) is 6.31. The van der Waals surface area contributed by atoms with Crippen LogP contribution in [0.15, 0.2) is 35.6 Å². The van der Waals surface area contributed by atoms with Gasteiger partial charge in [-0.2, -0.15) is 0 Å². The van der Waals surface area contributed by atoms with E-state index in [1.807, 2.05) is 10.8 Å². The molecule has 1 N–H and O–H groups in total. The first-order valence-corrected chi connectivity index (χ1v) is 17.5. The Hall–Kier alpha value is -3.02. The van der Waals surface area contributed by atoms with Crippen molar-refractivity contribution in [1.82, 2.24) is 9.55 Å². The number of halogens is 2. The van der Waals surface area contributed by atoms with Crippen LogP contribution >= 0.6 is 0 Å². The van der Waals surface area contributed by atoms with Gasteiger partial charge in [0.05, 0.1) is 18.5 Å². The van der Waals surface area contributed by atoms with E-state index in [2.05, 4.69) is 48.8 Å². The Morgan fingerprint density at radius 2 is 1.95 bits per heavy atom. The molecule has 0 bridgehead atoms. The minimum absolute atomic E-state index is 0.108. The van der Waals surface area contributed by atoms with Crippen molar-refractivity contribution in [2.75, 3.05) is 38.3 Å². The Morgan fingerprint density at radius 1 is 1.18 bits per heavy atom. The van der Waals surface area contributed by atoms with Gasteiger partial charge in [0.2, 0.25) is 0 Å². The van der Waals surface area contributed by atoms with Crippen LogP contribution in [0.5, 0.6) is 11.5 Å². The fraction of sp³-hybridized carbons (Fsp3) is 0.517. The molecule has 3 aromatic rings. The van der Waals surface area contributed by atoms with Crippen LogP contribution in [0.4, 0.5) is 14.5 Å². The van der Waals surface area contributed by atoms with E-state index in [0.29, 0.717) is 56.5 Å². The average Bonchev–Trinajstić information content (AvgIpc) is 3.50. The van der Waals surface area contributed by atoms with Gasteiger partial charge < -0.3 is 28.8 Å². The van der Waals surface area contributed by atoms with E-state index in [1.54, 1.807) is 12.3 Å². The molecule has 216 valence electrons. The van der Waals surface area contributed by atoms with Crippen molar-refractivity contribution in [2.24, 2.45) is 10.4 Å². The first-order chi connectivity index (χ1) is 19.0. The highest BCUT2D eigenvalue weighted by molar-refractivity contribution is 6.76. The molecule has 1 unspecified atom stereocenters. The van der Waals surface area contributed by atoms with Crippen LogP contribution in [0.1, 0.15) is 31.7 Å². The zero-order valence-corrected chi connectivity index (χ0v) is 24.9. The molecule has 0 radical (unpaired) electrons. The molecule has 40 heavy (non-hydrogen) atoms. The Bertz CT molecular complexity index is 1370. The number of benzene rings is 1. The van der Waals surface area contributed by atoms with E-state index in [4.69, 9.17) is 18.9 Å². The lowest BCUT2D eigenvalue weighted by atomic mass is 9.88. The summed E-state index contributed by atoms with van der Waals surface area (Å²) in [6.07, 6.45) is 4.44. The number of hydrogen-bond donors (Lipinski definition) is 1. The second kappa shape index (κ2) is 11.5. The highest BCUT2D eigenvalue weighted by atomic mass is 28.3. The summed E-state index contributed by atoms with van der Waals surface area (Å²) < 4.78 is 55.4. The quantitative estimate of drug-likeness (QED) is 0.226. The summed E-state index contributed by atoms with van der Waals surface area (Å²) in [5.74, 6) is -1.71. The Kier molecular flexibility index (Phi) is 8.17. The zero-order valence-electron chi connectivity index (χ0n) is 23.9. The summed E-state index contributed by atoms with van der Waals surface area (Å²) in [5, 5.41) is 3.59. The topological polar surface area (TPSA) is 79.1 Å². The first kappa shape index (κ1) is 28.5. The van der Waals surface area contributed by atoms with Gasteiger partial charge in [-0.25, -0.2) is 18.8 Å². The highest BCUT2D eigenvalue weighted by Crippen LogP contribution is 2.38. The van der Waals surface area contributed by atoms with E-state index in [0.717, 1.165) is 18.0 Å². The van der Waals surface area contributed by atoms with Crippen LogP contribution in [0.3, 0.4) is 0 Å².